The minimum atomic E-state index is -0.569. The van der Waals surface area contributed by atoms with Crippen molar-refractivity contribution in [2.24, 2.45) is 0 Å². The van der Waals surface area contributed by atoms with Crippen LogP contribution in [0, 0.1) is 5.82 Å². The Balaban J connectivity index is 2.22. The number of carbonyl (C=O) groups excluding carboxylic acids is 1. The number of methoxy groups -OCH3 is 1. The van der Waals surface area contributed by atoms with Crippen molar-refractivity contribution in [3.05, 3.63) is 70.1 Å². The SMILES string of the molecule is COc1ccc(C(=O)c2cccc(Br)c2F)c2cccnc12. The zero-order valence-corrected chi connectivity index (χ0v) is 13.2. The molecule has 0 saturated heterocycles. The maximum absolute atomic E-state index is 14.2. The lowest BCUT2D eigenvalue weighted by molar-refractivity contribution is 0.103. The largest absolute Gasteiger partial charge is 0.494 e. The normalized spacial score (nSPS) is 10.7. The molecule has 1 aromatic heterocycles. The number of carbonyl (C=O) groups is 1. The third-order valence-electron chi connectivity index (χ3n) is 3.39. The fourth-order valence-corrected chi connectivity index (χ4v) is 2.70. The molecule has 3 rings (SSSR count). The Labute approximate surface area is 134 Å². The van der Waals surface area contributed by atoms with Crippen molar-refractivity contribution < 1.29 is 13.9 Å². The number of benzene rings is 2. The summed E-state index contributed by atoms with van der Waals surface area (Å²) in [5.41, 5.74) is 0.983. The topological polar surface area (TPSA) is 39.2 Å². The molecule has 0 fully saturated rings. The summed E-state index contributed by atoms with van der Waals surface area (Å²) in [5, 5.41) is 0.631. The van der Waals surface area contributed by atoms with Gasteiger partial charge < -0.3 is 4.74 Å². The summed E-state index contributed by atoms with van der Waals surface area (Å²) in [6, 6.07) is 11.5. The van der Waals surface area contributed by atoms with Crippen LogP contribution < -0.4 is 4.74 Å². The van der Waals surface area contributed by atoms with E-state index in [9.17, 15) is 9.18 Å². The van der Waals surface area contributed by atoms with Crippen molar-refractivity contribution in [1.82, 2.24) is 4.98 Å². The summed E-state index contributed by atoms with van der Waals surface area (Å²) in [5.74, 6) is -0.387. The lowest BCUT2D eigenvalue weighted by Crippen LogP contribution is -2.06. The van der Waals surface area contributed by atoms with Gasteiger partial charge in [0.15, 0.2) is 5.78 Å². The minimum absolute atomic E-state index is 0.0182. The van der Waals surface area contributed by atoms with E-state index in [1.165, 1.54) is 6.07 Å². The lowest BCUT2D eigenvalue weighted by atomic mass is 9.98. The molecular weight excluding hydrogens is 349 g/mol. The summed E-state index contributed by atoms with van der Waals surface area (Å²) in [6.45, 7) is 0. The molecule has 0 aliphatic rings. The maximum atomic E-state index is 14.2. The standard InChI is InChI=1S/C17H11BrFNO2/c1-22-14-8-7-11(10-5-3-9-20-16(10)14)17(21)12-4-2-6-13(18)15(12)19/h2-9H,1H3. The average Bonchev–Trinajstić information content (AvgIpc) is 2.55. The van der Waals surface area contributed by atoms with Crippen LogP contribution in [0.5, 0.6) is 5.75 Å². The van der Waals surface area contributed by atoms with Crippen LogP contribution in [0.4, 0.5) is 4.39 Å². The lowest BCUT2D eigenvalue weighted by Gasteiger charge is -2.10. The van der Waals surface area contributed by atoms with Crippen molar-refractivity contribution in [2.45, 2.75) is 0 Å². The smallest absolute Gasteiger partial charge is 0.196 e. The number of rotatable bonds is 3. The van der Waals surface area contributed by atoms with Gasteiger partial charge in [-0.15, -0.1) is 0 Å². The van der Waals surface area contributed by atoms with Crippen LogP contribution in [0.3, 0.4) is 0 Å². The Morgan fingerprint density at radius 2 is 1.95 bits per heavy atom. The fourth-order valence-electron chi connectivity index (χ4n) is 2.33. The highest BCUT2D eigenvalue weighted by Gasteiger charge is 2.19. The first kappa shape index (κ1) is 14.7. The van der Waals surface area contributed by atoms with Crippen molar-refractivity contribution in [3.8, 4) is 5.75 Å². The highest BCUT2D eigenvalue weighted by atomic mass is 79.9. The molecular formula is C17H11BrFNO2. The molecule has 0 bridgehead atoms. The minimum Gasteiger partial charge on any atom is -0.494 e. The number of ether oxygens (including phenoxy) is 1. The van der Waals surface area contributed by atoms with Gasteiger partial charge >= 0.3 is 0 Å². The van der Waals surface area contributed by atoms with Crippen LogP contribution in [0.1, 0.15) is 15.9 Å². The molecule has 1 heterocycles. The number of halogens is 2. The van der Waals surface area contributed by atoms with E-state index in [1.54, 1.807) is 49.7 Å². The summed E-state index contributed by atoms with van der Waals surface area (Å²) < 4.78 is 19.7. The van der Waals surface area contributed by atoms with Gasteiger partial charge in [-0.3, -0.25) is 9.78 Å². The maximum Gasteiger partial charge on any atom is 0.196 e. The quantitative estimate of drug-likeness (QED) is 0.651. The predicted molar refractivity (Wildman–Crippen MR) is 85.8 cm³/mol. The number of pyridine rings is 1. The number of hydrogen-bond donors (Lipinski definition) is 0. The Hall–Kier alpha value is -2.27. The molecule has 110 valence electrons. The second kappa shape index (κ2) is 5.85. The number of hydrogen-bond acceptors (Lipinski definition) is 3. The molecule has 0 aliphatic carbocycles. The van der Waals surface area contributed by atoms with Crippen LogP contribution in [0.15, 0.2) is 53.1 Å². The van der Waals surface area contributed by atoms with Gasteiger partial charge in [-0.05, 0) is 46.3 Å². The summed E-state index contributed by atoms with van der Waals surface area (Å²) in [7, 11) is 1.54. The van der Waals surface area contributed by atoms with Gasteiger partial charge in [0, 0.05) is 17.1 Å². The zero-order chi connectivity index (χ0) is 15.7. The molecule has 0 spiro atoms. The summed E-state index contributed by atoms with van der Waals surface area (Å²) in [6.07, 6.45) is 1.62. The first-order chi connectivity index (χ1) is 10.6. The van der Waals surface area contributed by atoms with Crippen molar-refractivity contribution in [2.75, 3.05) is 7.11 Å². The van der Waals surface area contributed by atoms with Crippen LogP contribution >= 0.6 is 15.9 Å². The van der Waals surface area contributed by atoms with Gasteiger partial charge in [0.2, 0.25) is 0 Å². The van der Waals surface area contributed by atoms with E-state index in [2.05, 4.69) is 20.9 Å². The number of aromatic nitrogens is 1. The van der Waals surface area contributed by atoms with Gasteiger partial charge in [0.25, 0.3) is 0 Å². The van der Waals surface area contributed by atoms with Gasteiger partial charge in [-0.1, -0.05) is 12.1 Å². The van der Waals surface area contributed by atoms with Gasteiger partial charge in [0.05, 0.1) is 17.1 Å². The molecule has 22 heavy (non-hydrogen) atoms. The van der Waals surface area contributed by atoms with Crippen LogP contribution in [-0.4, -0.2) is 17.9 Å². The number of nitrogens with zero attached hydrogens (tertiary/aromatic N) is 1. The average molecular weight is 360 g/mol. The molecule has 0 aliphatic heterocycles. The second-order valence-electron chi connectivity index (χ2n) is 4.65. The van der Waals surface area contributed by atoms with Crippen molar-refractivity contribution in [3.63, 3.8) is 0 Å². The predicted octanol–water partition coefficient (Wildman–Crippen LogP) is 4.38. The van der Waals surface area contributed by atoms with E-state index < -0.39 is 5.82 Å². The highest BCUT2D eigenvalue weighted by molar-refractivity contribution is 9.10. The Bertz CT molecular complexity index is 880. The molecule has 0 atom stereocenters. The molecule has 0 unspecified atom stereocenters. The molecule has 0 N–H and O–H groups in total. The van der Waals surface area contributed by atoms with Crippen LogP contribution in [0.25, 0.3) is 10.9 Å². The Kier molecular flexibility index (Phi) is 3.90. The molecule has 2 aromatic carbocycles. The third kappa shape index (κ3) is 2.37. The summed E-state index contributed by atoms with van der Waals surface area (Å²) in [4.78, 5) is 17.0. The Morgan fingerprint density at radius 3 is 2.73 bits per heavy atom. The third-order valence-corrected chi connectivity index (χ3v) is 4.01. The van der Waals surface area contributed by atoms with Crippen molar-refractivity contribution in [1.29, 1.82) is 0 Å². The van der Waals surface area contributed by atoms with E-state index in [-0.39, 0.29) is 15.8 Å². The fraction of sp³-hybridized carbons (Fsp3) is 0.0588. The molecule has 0 radical (unpaired) electrons. The second-order valence-corrected chi connectivity index (χ2v) is 5.50. The van der Waals surface area contributed by atoms with Crippen LogP contribution in [0.2, 0.25) is 0 Å². The first-order valence-electron chi connectivity index (χ1n) is 6.54. The molecule has 0 saturated carbocycles. The molecule has 5 heteroatoms. The molecule has 3 aromatic rings. The van der Waals surface area contributed by atoms with Crippen molar-refractivity contribution >= 4 is 32.6 Å². The molecule has 3 nitrogen and oxygen atoms in total. The van der Waals surface area contributed by atoms with E-state index >= 15 is 0 Å². The summed E-state index contributed by atoms with van der Waals surface area (Å²) >= 11 is 3.10. The van der Waals surface area contributed by atoms with E-state index in [1.807, 2.05) is 0 Å². The number of ketones is 1. The first-order valence-corrected chi connectivity index (χ1v) is 7.33. The van der Waals surface area contributed by atoms with Gasteiger partial charge in [0.1, 0.15) is 17.1 Å². The zero-order valence-electron chi connectivity index (χ0n) is 11.6. The Morgan fingerprint density at radius 1 is 1.14 bits per heavy atom. The van der Waals surface area contributed by atoms with Gasteiger partial charge in [-0.25, -0.2) is 4.39 Å². The van der Waals surface area contributed by atoms with E-state index in [0.29, 0.717) is 22.2 Å². The highest BCUT2D eigenvalue weighted by Crippen LogP contribution is 2.29. The molecule has 0 amide bonds. The number of fused-ring (bicyclic) bond motifs is 1. The van der Waals surface area contributed by atoms with Gasteiger partial charge in [-0.2, -0.15) is 0 Å². The van der Waals surface area contributed by atoms with Crippen LogP contribution in [-0.2, 0) is 0 Å². The van der Waals surface area contributed by atoms with E-state index in [0.717, 1.165) is 0 Å². The van der Waals surface area contributed by atoms with E-state index in [4.69, 9.17) is 4.74 Å². The monoisotopic (exact) mass is 359 g/mol.